The van der Waals surface area contributed by atoms with Gasteiger partial charge in [0, 0.05) is 13.7 Å². The molecule has 0 amide bonds. The summed E-state index contributed by atoms with van der Waals surface area (Å²) in [5.74, 6) is 0. The third-order valence-electron chi connectivity index (χ3n) is 0.651. The summed E-state index contributed by atoms with van der Waals surface area (Å²) in [5, 5.41) is 11.3. The molecule has 44 valence electrons. The van der Waals surface area contributed by atoms with E-state index in [1.807, 2.05) is 0 Å². The zero-order valence-electron chi connectivity index (χ0n) is 4.64. The summed E-state index contributed by atoms with van der Waals surface area (Å²) in [7, 11) is 3.21. The zero-order chi connectivity index (χ0) is 5.70. The SMILES string of the molecule is CNCC(O)OC. The molecule has 1 atom stereocenters. The minimum absolute atomic E-state index is 0.483. The number of rotatable bonds is 3. The van der Waals surface area contributed by atoms with Gasteiger partial charge in [-0.25, -0.2) is 0 Å². The first-order valence-electron chi connectivity index (χ1n) is 2.16. The summed E-state index contributed by atoms with van der Waals surface area (Å²) in [4.78, 5) is 0. The van der Waals surface area contributed by atoms with E-state index in [0.29, 0.717) is 6.54 Å². The van der Waals surface area contributed by atoms with Gasteiger partial charge in [-0.15, -0.1) is 0 Å². The summed E-state index contributed by atoms with van der Waals surface area (Å²) in [5.41, 5.74) is 0. The highest BCUT2D eigenvalue weighted by Gasteiger charge is 1.94. The van der Waals surface area contributed by atoms with E-state index in [1.54, 1.807) is 7.05 Å². The standard InChI is InChI=1S/C4H11NO2/c1-5-3-4(6)7-2/h4-6H,3H2,1-2H3. The van der Waals surface area contributed by atoms with E-state index in [1.165, 1.54) is 7.11 Å². The molecule has 0 saturated carbocycles. The van der Waals surface area contributed by atoms with Gasteiger partial charge in [-0.2, -0.15) is 0 Å². The van der Waals surface area contributed by atoms with E-state index in [9.17, 15) is 0 Å². The van der Waals surface area contributed by atoms with Crippen LogP contribution >= 0.6 is 0 Å². The summed E-state index contributed by atoms with van der Waals surface area (Å²) in [6.07, 6.45) is -0.662. The maximum atomic E-state index is 8.57. The molecule has 0 aliphatic heterocycles. The van der Waals surface area contributed by atoms with Gasteiger partial charge in [0.25, 0.3) is 0 Å². The van der Waals surface area contributed by atoms with Crippen LogP contribution in [-0.2, 0) is 4.74 Å². The van der Waals surface area contributed by atoms with Crippen molar-refractivity contribution in [1.82, 2.24) is 5.32 Å². The van der Waals surface area contributed by atoms with Gasteiger partial charge in [-0.05, 0) is 7.05 Å². The van der Waals surface area contributed by atoms with Gasteiger partial charge >= 0.3 is 0 Å². The van der Waals surface area contributed by atoms with Crippen LogP contribution in [0, 0.1) is 0 Å². The van der Waals surface area contributed by atoms with E-state index in [-0.39, 0.29) is 0 Å². The minimum atomic E-state index is -0.662. The van der Waals surface area contributed by atoms with Crippen molar-refractivity contribution >= 4 is 0 Å². The molecular formula is C4H11NO2. The molecule has 0 bridgehead atoms. The molecular weight excluding hydrogens is 94.0 g/mol. The van der Waals surface area contributed by atoms with Crippen molar-refractivity contribution in [2.45, 2.75) is 6.29 Å². The molecule has 0 aromatic heterocycles. The van der Waals surface area contributed by atoms with Gasteiger partial charge in [-0.1, -0.05) is 0 Å². The number of ether oxygens (including phenoxy) is 1. The molecule has 1 unspecified atom stereocenters. The van der Waals surface area contributed by atoms with Crippen LogP contribution in [0.3, 0.4) is 0 Å². The van der Waals surface area contributed by atoms with Gasteiger partial charge in [0.15, 0.2) is 6.29 Å². The Morgan fingerprint density at radius 1 is 1.86 bits per heavy atom. The molecule has 0 fully saturated rings. The summed E-state index contributed by atoms with van der Waals surface area (Å²) in [6.45, 7) is 0.483. The first kappa shape index (κ1) is 6.88. The normalized spacial score (nSPS) is 14.1. The van der Waals surface area contributed by atoms with Crippen molar-refractivity contribution in [3.63, 3.8) is 0 Å². The highest BCUT2D eigenvalue weighted by Crippen LogP contribution is 1.75. The van der Waals surface area contributed by atoms with Gasteiger partial charge in [-0.3, -0.25) is 0 Å². The number of aliphatic hydroxyl groups excluding tert-OH is 1. The van der Waals surface area contributed by atoms with Crippen molar-refractivity contribution in [2.24, 2.45) is 0 Å². The monoisotopic (exact) mass is 105 g/mol. The first-order valence-corrected chi connectivity index (χ1v) is 2.16. The number of aliphatic hydroxyl groups is 1. The maximum Gasteiger partial charge on any atom is 0.166 e. The zero-order valence-corrected chi connectivity index (χ0v) is 4.64. The predicted octanol–water partition coefficient (Wildman–Crippen LogP) is -0.829. The minimum Gasteiger partial charge on any atom is -0.367 e. The average Bonchev–Trinajstić information content (AvgIpc) is 1.68. The molecule has 0 heterocycles. The van der Waals surface area contributed by atoms with Crippen molar-refractivity contribution in [2.75, 3.05) is 20.7 Å². The lowest BCUT2D eigenvalue weighted by Crippen LogP contribution is -2.24. The maximum absolute atomic E-state index is 8.57. The van der Waals surface area contributed by atoms with E-state index >= 15 is 0 Å². The van der Waals surface area contributed by atoms with Crippen LogP contribution in [0.15, 0.2) is 0 Å². The van der Waals surface area contributed by atoms with Crippen molar-refractivity contribution in [3.8, 4) is 0 Å². The smallest absolute Gasteiger partial charge is 0.166 e. The quantitative estimate of drug-likeness (QED) is 0.460. The number of hydrogen-bond donors (Lipinski definition) is 2. The Labute approximate surface area is 43.3 Å². The molecule has 0 aromatic rings. The number of methoxy groups -OCH3 is 1. The molecule has 0 spiro atoms. The summed E-state index contributed by atoms with van der Waals surface area (Å²) in [6, 6.07) is 0. The van der Waals surface area contributed by atoms with Gasteiger partial charge in [0.2, 0.25) is 0 Å². The fourth-order valence-corrected chi connectivity index (χ4v) is 0.258. The highest BCUT2D eigenvalue weighted by atomic mass is 16.6. The lowest BCUT2D eigenvalue weighted by atomic mass is 10.6. The molecule has 0 saturated heterocycles. The first-order chi connectivity index (χ1) is 3.31. The average molecular weight is 105 g/mol. The second kappa shape index (κ2) is 4.05. The highest BCUT2D eigenvalue weighted by molar-refractivity contribution is 4.38. The van der Waals surface area contributed by atoms with Crippen molar-refractivity contribution in [3.05, 3.63) is 0 Å². The second-order valence-corrected chi connectivity index (χ2v) is 1.25. The Morgan fingerprint density at radius 2 is 2.43 bits per heavy atom. The van der Waals surface area contributed by atoms with E-state index in [2.05, 4.69) is 10.1 Å². The molecule has 2 N–H and O–H groups in total. The van der Waals surface area contributed by atoms with Crippen molar-refractivity contribution < 1.29 is 9.84 Å². The fourth-order valence-electron chi connectivity index (χ4n) is 0.258. The van der Waals surface area contributed by atoms with Crippen LogP contribution in [0.25, 0.3) is 0 Å². The molecule has 0 radical (unpaired) electrons. The lowest BCUT2D eigenvalue weighted by Gasteiger charge is -2.04. The molecule has 0 aliphatic carbocycles. The van der Waals surface area contributed by atoms with Crippen LogP contribution in [-0.4, -0.2) is 32.1 Å². The number of nitrogens with one attached hydrogen (secondary N) is 1. The van der Waals surface area contributed by atoms with Crippen LogP contribution in [0.5, 0.6) is 0 Å². The third-order valence-corrected chi connectivity index (χ3v) is 0.651. The van der Waals surface area contributed by atoms with Gasteiger partial charge in [0.05, 0.1) is 0 Å². The molecule has 3 nitrogen and oxygen atoms in total. The van der Waals surface area contributed by atoms with Crippen molar-refractivity contribution in [1.29, 1.82) is 0 Å². The molecule has 7 heavy (non-hydrogen) atoms. The number of likely N-dealkylation sites (N-methyl/N-ethyl adjacent to an activating group) is 1. The van der Waals surface area contributed by atoms with Crippen LogP contribution in [0.1, 0.15) is 0 Å². The lowest BCUT2D eigenvalue weighted by molar-refractivity contribution is -0.0696. The van der Waals surface area contributed by atoms with Crippen LogP contribution in [0.2, 0.25) is 0 Å². The number of hydrogen-bond acceptors (Lipinski definition) is 3. The molecule has 0 aliphatic rings. The van der Waals surface area contributed by atoms with E-state index in [0.717, 1.165) is 0 Å². The largest absolute Gasteiger partial charge is 0.367 e. The Bertz CT molecular complexity index is 40.7. The third kappa shape index (κ3) is 3.72. The van der Waals surface area contributed by atoms with E-state index in [4.69, 9.17) is 5.11 Å². The Kier molecular flexibility index (Phi) is 3.98. The Balaban J connectivity index is 2.83. The Hall–Kier alpha value is -0.120. The topological polar surface area (TPSA) is 41.5 Å². The Morgan fingerprint density at radius 3 is 2.57 bits per heavy atom. The molecule has 0 aromatic carbocycles. The second-order valence-electron chi connectivity index (χ2n) is 1.25. The summed E-state index contributed by atoms with van der Waals surface area (Å²) >= 11 is 0. The van der Waals surface area contributed by atoms with E-state index < -0.39 is 6.29 Å². The van der Waals surface area contributed by atoms with Crippen LogP contribution in [0.4, 0.5) is 0 Å². The van der Waals surface area contributed by atoms with Crippen LogP contribution < -0.4 is 5.32 Å². The van der Waals surface area contributed by atoms with Gasteiger partial charge < -0.3 is 15.2 Å². The molecule has 0 rings (SSSR count). The fraction of sp³-hybridized carbons (Fsp3) is 1.00. The molecule has 3 heteroatoms. The van der Waals surface area contributed by atoms with Gasteiger partial charge in [0.1, 0.15) is 0 Å². The summed E-state index contributed by atoms with van der Waals surface area (Å²) < 4.78 is 4.48. The predicted molar refractivity (Wildman–Crippen MR) is 26.9 cm³/mol.